The van der Waals surface area contributed by atoms with Crippen LogP contribution in [0.5, 0.6) is 0 Å². The molecule has 8 nitrogen and oxygen atoms in total. The molecule has 1 aromatic rings. The zero-order chi connectivity index (χ0) is 14.9. The molecule has 0 aromatic heterocycles. The molecule has 1 aliphatic rings. The van der Waals surface area contributed by atoms with Crippen LogP contribution in [-0.4, -0.2) is 24.5 Å². The van der Waals surface area contributed by atoms with Crippen molar-refractivity contribution in [2.24, 2.45) is 5.84 Å². The van der Waals surface area contributed by atoms with Gasteiger partial charge in [-0.15, -0.1) is 0 Å². The molecule has 8 heteroatoms. The number of benzene rings is 1. The van der Waals surface area contributed by atoms with Crippen molar-refractivity contribution in [3.63, 3.8) is 0 Å². The first kappa shape index (κ1) is 13.8. The highest BCUT2D eigenvalue weighted by molar-refractivity contribution is 5.92. The van der Waals surface area contributed by atoms with Gasteiger partial charge in [0.15, 0.2) is 0 Å². The summed E-state index contributed by atoms with van der Waals surface area (Å²) in [7, 11) is 1.60. The molecule has 106 valence electrons. The second kappa shape index (κ2) is 5.17. The second-order valence-corrected chi connectivity index (χ2v) is 4.07. The number of hydrazine groups is 1. The van der Waals surface area contributed by atoms with E-state index in [0.717, 1.165) is 5.01 Å². The van der Waals surface area contributed by atoms with Crippen LogP contribution >= 0.6 is 0 Å². The minimum Gasteiger partial charge on any atom is -0.458 e. The predicted octanol–water partition coefficient (Wildman–Crippen LogP) is 0.825. The maximum atomic E-state index is 11.8. The lowest BCUT2D eigenvalue weighted by atomic mass is 10.3. The van der Waals surface area contributed by atoms with Crippen LogP contribution in [-0.2, 0) is 9.53 Å². The molecule has 20 heavy (non-hydrogen) atoms. The van der Waals surface area contributed by atoms with Gasteiger partial charge in [0.25, 0.3) is 0 Å². The summed E-state index contributed by atoms with van der Waals surface area (Å²) in [5.41, 5.74) is 0.565. The van der Waals surface area contributed by atoms with E-state index in [0.29, 0.717) is 11.4 Å². The number of ether oxygens (including phenoxy) is 1. The molecule has 0 atom stereocenters. The highest BCUT2D eigenvalue weighted by Gasteiger charge is 2.39. The topological polar surface area (TPSA) is 102 Å². The van der Waals surface area contributed by atoms with E-state index in [9.17, 15) is 14.9 Å². The molecule has 0 unspecified atom stereocenters. The van der Waals surface area contributed by atoms with Gasteiger partial charge in [0.1, 0.15) is 0 Å². The van der Waals surface area contributed by atoms with Gasteiger partial charge in [-0.05, 0) is 19.1 Å². The Hall–Kier alpha value is -2.61. The maximum absolute atomic E-state index is 11.8. The van der Waals surface area contributed by atoms with Crippen molar-refractivity contribution < 1.29 is 14.5 Å². The Morgan fingerprint density at radius 1 is 1.40 bits per heavy atom. The zero-order valence-electron chi connectivity index (χ0n) is 11.1. The molecule has 1 aliphatic heterocycles. The minimum atomic E-state index is -1.01. The summed E-state index contributed by atoms with van der Waals surface area (Å²) < 4.78 is 4.73. The number of esters is 1. The van der Waals surface area contributed by atoms with Crippen LogP contribution in [0, 0.1) is 10.1 Å². The number of hydrogen-bond acceptors (Lipinski definition) is 7. The van der Waals surface area contributed by atoms with E-state index in [1.165, 1.54) is 4.90 Å². The van der Waals surface area contributed by atoms with E-state index >= 15 is 0 Å². The Bertz CT molecular complexity index is 568. The van der Waals surface area contributed by atoms with Crippen molar-refractivity contribution in [2.45, 2.75) is 6.92 Å². The highest BCUT2D eigenvalue weighted by Crippen LogP contribution is 2.39. The van der Waals surface area contributed by atoms with E-state index < -0.39 is 16.6 Å². The van der Waals surface area contributed by atoms with Gasteiger partial charge in [0, 0.05) is 7.05 Å². The predicted molar refractivity (Wildman–Crippen MR) is 72.2 cm³/mol. The van der Waals surface area contributed by atoms with Gasteiger partial charge in [0.2, 0.25) is 5.82 Å². The second-order valence-electron chi connectivity index (χ2n) is 4.07. The van der Waals surface area contributed by atoms with Crippen LogP contribution in [0.1, 0.15) is 6.92 Å². The molecule has 1 aromatic carbocycles. The molecule has 0 fully saturated rings. The van der Waals surface area contributed by atoms with Gasteiger partial charge < -0.3 is 9.64 Å². The Kier molecular flexibility index (Phi) is 3.57. The Labute approximate surface area is 115 Å². The van der Waals surface area contributed by atoms with Crippen LogP contribution in [0.2, 0.25) is 0 Å². The van der Waals surface area contributed by atoms with Crippen molar-refractivity contribution in [1.29, 1.82) is 0 Å². The van der Waals surface area contributed by atoms with Crippen molar-refractivity contribution >= 4 is 17.3 Å². The monoisotopic (exact) mass is 278 g/mol. The summed E-state index contributed by atoms with van der Waals surface area (Å²) >= 11 is 0. The number of nitro groups is 1. The van der Waals surface area contributed by atoms with Crippen LogP contribution in [0.25, 0.3) is 0 Å². The fourth-order valence-corrected chi connectivity index (χ4v) is 2.06. The van der Waals surface area contributed by atoms with Gasteiger partial charge in [-0.25, -0.2) is 10.6 Å². The molecular weight excluding hydrogens is 264 g/mol. The van der Waals surface area contributed by atoms with Crippen LogP contribution < -0.4 is 15.8 Å². The number of nitrogens with zero attached hydrogens (tertiary/aromatic N) is 3. The number of fused-ring (bicyclic) bond motifs is 1. The number of carbonyl (C=O) groups excluding carboxylic acids is 1. The molecule has 2 rings (SSSR count). The highest BCUT2D eigenvalue weighted by atomic mass is 16.6. The Morgan fingerprint density at radius 3 is 2.50 bits per heavy atom. The maximum Gasteiger partial charge on any atom is 0.413 e. The Morgan fingerprint density at radius 2 is 2.00 bits per heavy atom. The molecule has 2 N–H and O–H groups in total. The van der Waals surface area contributed by atoms with Crippen LogP contribution in [0.15, 0.2) is 35.8 Å². The molecule has 0 spiro atoms. The lowest BCUT2D eigenvalue weighted by molar-refractivity contribution is -0.422. The zero-order valence-corrected chi connectivity index (χ0v) is 11.1. The molecule has 0 radical (unpaired) electrons. The van der Waals surface area contributed by atoms with Crippen LogP contribution in [0.3, 0.4) is 0 Å². The van der Waals surface area contributed by atoms with E-state index in [1.807, 2.05) is 0 Å². The molecule has 0 saturated carbocycles. The van der Waals surface area contributed by atoms with Crippen molar-refractivity contribution in [1.82, 2.24) is 0 Å². The third-order valence-corrected chi connectivity index (χ3v) is 2.91. The number of nitrogens with two attached hydrogens (primary N) is 1. The van der Waals surface area contributed by atoms with E-state index in [2.05, 4.69) is 0 Å². The molecule has 0 aliphatic carbocycles. The average Bonchev–Trinajstić information content (AvgIpc) is 2.65. The summed E-state index contributed by atoms with van der Waals surface area (Å²) in [6.07, 6.45) is 0. The van der Waals surface area contributed by atoms with E-state index in [1.54, 1.807) is 38.2 Å². The first-order valence-corrected chi connectivity index (χ1v) is 5.92. The van der Waals surface area contributed by atoms with Crippen molar-refractivity contribution in [3.8, 4) is 0 Å². The van der Waals surface area contributed by atoms with Crippen molar-refractivity contribution in [3.05, 3.63) is 45.9 Å². The van der Waals surface area contributed by atoms with Gasteiger partial charge >= 0.3 is 11.7 Å². The van der Waals surface area contributed by atoms with Gasteiger partial charge in [0.05, 0.1) is 22.9 Å². The molecule has 1 heterocycles. The standard InChI is InChI=1S/C12H14N4O4/c1-3-20-12(17)10(16(18)19)11-14(2)8-6-4-5-7-9(8)15(11)13/h4-7H,3,13H2,1-2H3/b11-10+. The third-order valence-electron chi connectivity index (χ3n) is 2.91. The number of para-hydroxylation sites is 2. The van der Waals surface area contributed by atoms with Crippen molar-refractivity contribution in [2.75, 3.05) is 23.6 Å². The van der Waals surface area contributed by atoms with Gasteiger partial charge in [-0.1, -0.05) is 12.1 Å². The summed E-state index contributed by atoms with van der Waals surface area (Å²) in [5.74, 6) is 4.84. The number of carbonyl (C=O) groups is 1. The van der Waals surface area contributed by atoms with E-state index in [-0.39, 0.29) is 12.4 Å². The summed E-state index contributed by atoms with van der Waals surface area (Å²) in [6.45, 7) is 1.62. The summed E-state index contributed by atoms with van der Waals surface area (Å²) in [6, 6.07) is 7.00. The number of rotatable bonds is 3. The van der Waals surface area contributed by atoms with Crippen LogP contribution in [0.4, 0.5) is 11.4 Å². The largest absolute Gasteiger partial charge is 0.458 e. The number of hydrogen-bond donors (Lipinski definition) is 1. The number of anilines is 2. The summed E-state index contributed by atoms with van der Waals surface area (Å²) in [5, 5.41) is 12.3. The molecule has 0 bridgehead atoms. The normalized spacial score (nSPS) is 15.9. The fraction of sp³-hybridized carbons (Fsp3) is 0.250. The SMILES string of the molecule is CCOC(=O)/C(=C1/N(C)c2ccccc2N1N)[N+](=O)[O-]. The Balaban J connectivity index is 2.58. The fourth-order valence-electron chi connectivity index (χ4n) is 2.06. The quantitative estimate of drug-likeness (QED) is 0.287. The minimum absolute atomic E-state index is 0.0188. The first-order chi connectivity index (χ1) is 9.49. The lowest BCUT2D eigenvalue weighted by Gasteiger charge is -2.17. The first-order valence-electron chi connectivity index (χ1n) is 5.92. The molecular formula is C12H14N4O4. The smallest absolute Gasteiger partial charge is 0.413 e. The molecule has 0 amide bonds. The summed E-state index contributed by atoms with van der Waals surface area (Å²) in [4.78, 5) is 23.7. The third kappa shape index (κ3) is 2.05. The average molecular weight is 278 g/mol. The van der Waals surface area contributed by atoms with Gasteiger partial charge in [-0.2, -0.15) is 0 Å². The van der Waals surface area contributed by atoms with E-state index in [4.69, 9.17) is 10.6 Å². The lowest BCUT2D eigenvalue weighted by Crippen LogP contribution is -2.36. The van der Waals surface area contributed by atoms with Gasteiger partial charge in [-0.3, -0.25) is 15.1 Å². The molecule has 0 saturated heterocycles.